The number of rotatable bonds is 7. The molecule has 6 heteroatoms. The topological polar surface area (TPSA) is 83.5 Å². The first-order valence-corrected chi connectivity index (χ1v) is 7.39. The first-order valence-electron chi connectivity index (χ1n) is 5.33. The molecule has 0 radical (unpaired) electrons. The fraction of sp³-hybridized carbons (Fsp3) is 0.900. The van der Waals surface area contributed by atoms with Crippen molar-refractivity contribution in [1.82, 2.24) is 5.32 Å². The highest BCUT2D eigenvalue weighted by atomic mass is 32.2. The zero-order valence-corrected chi connectivity index (χ0v) is 10.9. The third-order valence-electron chi connectivity index (χ3n) is 1.98. The molecule has 1 unspecified atom stereocenters. The average Bonchev–Trinajstić information content (AvgIpc) is 2.09. The first-order chi connectivity index (χ1) is 7.20. The molecule has 2 N–H and O–H groups in total. The summed E-state index contributed by atoms with van der Waals surface area (Å²) in [4.78, 5) is 11.2. The number of aliphatic hydroxyl groups is 1. The molecule has 16 heavy (non-hydrogen) atoms. The molecule has 5 nitrogen and oxygen atoms in total. The molecule has 0 aromatic carbocycles. The molecule has 0 aromatic heterocycles. The zero-order valence-electron chi connectivity index (χ0n) is 10.1. The van der Waals surface area contributed by atoms with E-state index in [1.54, 1.807) is 0 Å². The fourth-order valence-electron chi connectivity index (χ4n) is 1.23. The van der Waals surface area contributed by atoms with Crippen LogP contribution < -0.4 is 5.32 Å². The fourth-order valence-corrected chi connectivity index (χ4v) is 1.78. The molecule has 0 aliphatic heterocycles. The molecule has 0 heterocycles. The SMILES string of the molecule is CC(C)CC(O)CNC(=O)CCS(C)(=O)=O. The lowest BCUT2D eigenvalue weighted by atomic mass is 10.1. The number of sulfone groups is 1. The van der Waals surface area contributed by atoms with Gasteiger partial charge in [0.1, 0.15) is 9.84 Å². The second kappa shape index (κ2) is 6.85. The van der Waals surface area contributed by atoms with Crippen LogP contribution in [0.3, 0.4) is 0 Å². The summed E-state index contributed by atoms with van der Waals surface area (Å²) in [5.74, 6) is -0.129. The monoisotopic (exact) mass is 251 g/mol. The molecule has 0 bridgehead atoms. The normalized spacial score (nSPS) is 13.8. The third-order valence-corrected chi connectivity index (χ3v) is 2.92. The molecule has 0 aliphatic rings. The highest BCUT2D eigenvalue weighted by Crippen LogP contribution is 2.03. The third kappa shape index (κ3) is 9.92. The van der Waals surface area contributed by atoms with E-state index >= 15 is 0 Å². The van der Waals surface area contributed by atoms with Gasteiger partial charge in [0.05, 0.1) is 11.9 Å². The highest BCUT2D eigenvalue weighted by Gasteiger charge is 2.11. The molecule has 0 aromatic rings. The maximum absolute atomic E-state index is 11.2. The zero-order chi connectivity index (χ0) is 12.8. The van der Waals surface area contributed by atoms with Gasteiger partial charge in [-0.25, -0.2) is 8.42 Å². The summed E-state index contributed by atoms with van der Waals surface area (Å²) < 4.78 is 21.6. The lowest BCUT2D eigenvalue weighted by molar-refractivity contribution is -0.121. The Bertz CT molecular complexity index is 311. The molecule has 0 aliphatic carbocycles. The predicted molar refractivity (Wildman–Crippen MR) is 62.8 cm³/mol. The van der Waals surface area contributed by atoms with Gasteiger partial charge in [0.15, 0.2) is 0 Å². The maximum atomic E-state index is 11.2. The molecular weight excluding hydrogens is 230 g/mol. The molecule has 0 rings (SSSR count). The molecule has 0 spiro atoms. The van der Waals surface area contributed by atoms with Crippen molar-refractivity contribution in [2.75, 3.05) is 18.6 Å². The highest BCUT2D eigenvalue weighted by molar-refractivity contribution is 7.90. The number of aliphatic hydroxyl groups excluding tert-OH is 1. The number of nitrogens with one attached hydrogen (secondary N) is 1. The Balaban J connectivity index is 3.73. The lowest BCUT2D eigenvalue weighted by Crippen LogP contribution is -2.33. The van der Waals surface area contributed by atoms with Gasteiger partial charge < -0.3 is 10.4 Å². The van der Waals surface area contributed by atoms with E-state index in [4.69, 9.17) is 0 Å². The number of carbonyl (C=O) groups is 1. The van der Waals surface area contributed by atoms with Crippen LogP contribution in [0.4, 0.5) is 0 Å². The molecule has 0 saturated heterocycles. The van der Waals surface area contributed by atoms with E-state index < -0.39 is 15.9 Å². The molecule has 1 amide bonds. The summed E-state index contributed by atoms with van der Waals surface area (Å²) in [7, 11) is -3.10. The van der Waals surface area contributed by atoms with Crippen LogP contribution in [0.1, 0.15) is 26.7 Å². The van der Waals surface area contributed by atoms with Gasteiger partial charge in [0.2, 0.25) is 5.91 Å². The van der Waals surface area contributed by atoms with Gasteiger partial charge in [-0.2, -0.15) is 0 Å². The summed E-state index contributed by atoms with van der Waals surface area (Å²) in [5, 5.41) is 12.0. The summed E-state index contributed by atoms with van der Waals surface area (Å²) in [6.07, 6.45) is 1.09. The molecular formula is C10H21NO4S. The van der Waals surface area contributed by atoms with Gasteiger partial charge in [0, 0.05) is 19.2 Å². The van der Waals surface area contributed by atoms with E-state index in [1.165, 1.54) is 0 Å². The summed E-state index contributed by atoms with van der Waals surface area (Å²) >= 11 is 0. The Morgan fingerprint density at radius 2 is 1.94 bits per heavy atom. The molecule has 96 valence electrons. The lowest BCUT2D eigenvalue weighted by Gasteiger charge is -2.13. The minimum atomic E-state index is -3.10. The van der Waals surface area contributed by atoms with Gasteiger partial charge >= 0.3 is 0 Å². The molecule has 0 fully saturated rings. The van der Waals surface area contributed by atoms with Crippen molar-refractivity contribution in [2.24, 2.45) is 5.92 Å². The Morgan fingerprint density at radius 1 is 1.38 bits per heavy atom. The van der Waals surface area contributed by atoms with Gasteiger partial charge in [-0.15, -0.1) is 0 Å². The number of amides is 1. The Labute approximate surface area is 97.2 Å². The van der Waals surface area contributed by atoms with Crippen molar-refractivity contribution in [1.29, 1.82) is 0 Å². The minimum Gasteiger partial charge on any atom is -0.391 e. The van der Waals surface area contributed by atoms with Gasteiger partial charge in [-0.05, 0) is 12.3 Å². The van der Waals surface area contributed by atoms with Crippen LogP contribution in [0.25, 0.3) is 0 Å². The molecule has 0 saturated carbocycles. The van der Waals surface area contributed by atoms with Crippen molar-refractivity contribution >= 4 is 15.7 Å². The maximum Gasteiger partial charge on any atom is 0.221 e. The van der Waals surface area contributed by atoms with Crippen molar-refractivity contribution in [3.63, 3.8) is 0 Å². The van der Waals surface area contributed by atoms with Crippen LogP contribution in [0.2, 0.25) is 0 Å². The van der Waals surface area contributed by atoms with E-state index in [0.29, 0.717) is 12.3 Å². The van der Waals surface area contributed by atoms with E-state index in [1.807, 2.05) is 13.8 Å². The van der Waals surface area contributed by atoms with Gasteiger partial charge in [-0.3, -0.25) is 4.79 Å². The van der Waals surface area contributed by atoms with Gasteiger partial charge in [-0.1, -0.05) is 13.8 Å². The quantitative estimate of drug-likeness (QED) is 0.664. The molecule has 1 atom stereocenters. The number of hydrogen-bond acceptors (Lipinski definition) is 4. The number of carbonyl (C=O) groups excluding carboxylic acids is 1. The minimum absolute atomic E-state index is 0.0484. The Hall–Kier alpha value is -0.620. The summed E-state index contributed by atoms with van der Waals surface area (Å²) in [5.41, 5.74) is 0. The summed E-state index contributed by atoms with van der Waals surface area (Å²) in [6.45, 7) is 4.14. The van der Waals surface area contributed by atoms with Crippen molar-refractivity contribution in [3.8, 4) is 0 Å². The second-order valence-corrected chi connectivity index (χ2v) is 6.73. The van der Waals surface area contributed by atoms with Crippen LogP contribution in [0, 0.1) is 5.92 Å². The van der Waals surface area contributed by atoms with Crippen LogP contribution >= 0.6 is 0 Å². The Morgan fingerprint density at radius 3 is 2.38 bits per heavy atom. The van der Waals surface area contributed by atoms with Crippen LogP contribution in [0.15, 0.2) is 0 Å². The first kappa shape index (κ1) is 15.4. The van der Waals surface area contributed by atoms with Gasteiger partial charge in [0.25, 0.3) is 0 Å². The van der Waals surface area contributed by atoms with Crippen LogP contribution in [0.5, 0.6) is 0 Å². The van der Waals surface area contributed by atoms with E-state index in [0.717, 1.165) is 6.26 Å². The Kier molecular flexibility index (Phi) is 6.59. The van der Waals surface area contributed by atoms with E-state index in [2.05, 4.69) is 5.32 Å². The van der Waals surface area contributed by atoms with E-state index in [-0.39, 0.29) is 24.6 Å². The van der Waals surface area contributed by atoms with Crippen molar-refractivity contribution < 1.29 is 18.3 Å². The van der Waals surface area contributed by atoms with Crippen LogP contribution in [-0.2, 0) is 14.6 Å². The smallest absolute Gasteiger partial charge is 0.221 e. The standard InChI is InChI=1S/C10H21NO4S/c1-8(2)6-9(12)7-11-10(13)4-5-16(3,14)15/h8-9,12H,4-7H2,1-3H3,(H,11,13). The average molecular weight is 251 g/mol. The predicted octanol–water partition coefficient (Wildman–Crippen LogP) is -0.0557. The van der Waals surface area contributed by atoms with E-state index in [9.17, 15) is 18.3 Å². The second-order valence-electron chi connectivity index (χ2n) is 4.47. The summed E-state index contributed by atoms with van der Waals surface area (Å²) in [6, 6.07) is 0. The largest absolute Gasteiger partial charge is 0.391 e. The van der Waals surface area contributed by atoms with Crippen molar-refractivity contribution in [3.05, 3.63) is 0 Å². The van der Waals surface area contributed by atoms with Crippen molar-refractivity contribution in [2.45, 2.75) is 32.8 Å². The number of hydrogen-bond donors (Lipinski definition) is 2. The van der Waals surface area contributed by atoms with Crippen LogP contribution in [-0.4, -0.2) is 44.1 Å².